The predicted molar refractivity (Wildman–Crippen MR) is 77.5 cm³/mol. The minimum Gasteiger partial charge on any atom is -0.459 e. The molecule has 0 unspecified atom stereocenters. The van der Waals surface area contributed by atoms with E-state index >= 15 is 0 Å². The average Bonchev–Trinajstić information content (AvgIpc) is 3.24. The van der Waals surface area contributed by atoms with Gasteiger partial charge in [-0.05, 0) is 29.8 Å². The van der Waals surface area contributed by atoms with Crippen LogP contribution in [-0.4, -0.2) is 29.9 Å². The second-order valence-corrected chi connectivity index (χ2v) is 6.00. The van der Waals surface area contributed by atoms with Crippen LogP contribution in [0.4, 0.5) is 0 Å². The van der Waals surface area contributed by atoms with E-state index in [-0.39, 0.29) is 18.1 Å². The van der Waals surface area contributed by atoms with E-state index in [2.05, 4.69) is 0 Å². The molecule has 1 aromatic heterocycles. The Morgan fingerprint density at radius 1 is 1.24 bits per heavy atom. The van der Waals surface area contributed by atoms with Crippen LogP contribution in [0.5, 0.6) is 11.5 Å². The van der Waals surface area contributed by atoms with Crippen LogP contribution in [0.1, 0.15) is 21.5 Å². The van der Waals surface area contributed by atoms with Crippen LogP contribution in [0.25, 0.3) is 0 Å². The van der Waals surface area contributed by atoms with E-state index in [4.69, 9.17) is 13.9 Å². The van der Waals surface area contributed by atoms with Crippen molar-refractivity contribution >= 4 is 17.7 Å². The fourth-order valence-corrected chi connectivity index (χ4v) is 3.81. The molecule has 6 heteroatoms. The van der Waals surface area contributed by atoms with Crippen LogP contribution < -0.4 is 9.47 Å². The Hall–Kier alpha value is -2.08. The Kier molecular flexibility index (Phi) is 3.03. The Morgan fingerprint density at radius 2 is 2.14 bits per heavy atom. The highest BCUT2D eigenvalue weighted by Crippen LogP contribution is 2.42. The smallest absolute Gasteiger partial charge is 0.290 e. The van der Waals surface area contributed by atoms with E-state index in [1.165, 1.54) is 6.26 Å². The van der Waals surface area contributed by atoms with Crippen molar-refractivity contribution in [1.82, 2.24) is 4.90 Å². The van der Waals surface area contributed by atoms with Gasteiger partial charge >= 0.3 is 0 Å². The molecule has 0 spiro atoms. The number of thioether (sulfide) groups is 1. The summed E-state index contributed by atoms with van der Waals surface area (Å²) in [6, 6.07) is 9.26. The monoisotopic (exact) mass is 303 g/mol. The maximum absolute atomic E-state index is 12.5. The molecular weight excluding hydrogens is 290 g/mol. The van der Waals surface area contributed by atoms with Crippen LogP contribution in [0.3, 0.4) is 0 Å². The van der Waals surface area contributed by atoms with Crippen LogP contribution in [-0.2, 0) is 0 Å². The van der Waals surface area contributed by atoms with Gasteiger partial charge in [-0.3, -0.25) is 4.79 Å². The lowest BCUT2D eigenvalue weighted by Gasteiger charge is -2.23. The zero-order valence-corrected chi connectivity index (χ0v) is 12.0. The van der Waals surface area contributed by atoms with Gasteiger partial charge in [0, 0.05) is 12.3 Å². The highest BCUT2D eigenvalue weighted by molar-refractivity contribution is 7.99. The molecule has 1 amide bonds. The molecule has 4 rings (SSSR count). The Labute approximate surface area is 125 Å². The van der Waals surface area contributed by atoms with Crippen molar-refractivity contribution in [2.75, 3.05) is 19.1 Å². The minimum atomic E-state index is -0.0762. The van der Waals surface area contributed by atoms with E-state index in [1.807, 2.05) is 23.1 Å². The fraction of sp³-hybridized carbons (Fsp3) is 0.267. The average molecular weight is 303 g/mol. The summed E-state index contributed by atoms with van der Waals surface area (Å²) in [6.45, 7) is 0.967. The van der Waals surface area contributed by atoms with Crippen molar-refractivity contribution in [1.29, 1.82) is 0 Å². The zero-order valence-electron chi connectivity index (χ0n) is 11.2. The number of carbonyl (C=O) groups is 1. The van der Waals surface area contributed by atoms with Gasteiger partial charge < -0.3 is 18.8 Å². The van der Waals surface area contributed by atoms with E-state index in [0.29, 0.717) is 12.3 Å². The number of hydrogen-bond donors (Lipinski definition) is 0. The summed E-state index contributed by atoms with van der Waals surface area (Å²) in [5, 5.41) is -0.0166. The normalized spacial score (nSPS) is 20.0. The largest absolute Gasteiger partial charge is 0.459 e. The molecule has 0 bridgehead atoms. The molecular formula is C15H13NO4S. The van der Waals surface area contributed by atoms with Crippen LogP contribution in [0.2, 0.25) is 0 Å². The molecule has 0 saturated carbocycles. The lowest BCUT2D eigenvalue weighted by Crippen LogP contribution is -2.30. The summed E-state index contributed by atoms with van der Waals surface area (Å²) in [4.78, 5) is 14.3. The first-order chi connectivity index (χ1) is 10.3. The van der Waals surface area contributed by atoms with Gasteiger partial charge in [0.15, 0.2) is 17.3 Å². The fourth-order valence-electron chi connectivity index (χ4n) is 2.56. The number of amides is 1. The molecule has 2 aromatic rings. The van der Waals surface area contributed by atoms with E-state index in [0.717, 1.165) is 22.8 Å². The Bertz CT molecular complexity index is 670. The predicted octanol–water partition coefficient (Wildman–Crippen LogP) is 2.90. The molecule has 1 atom stereocenters. The minimum absolute atomic E-state index is 0.0166. The number of furan rings is 1. The maximum atomic E-state index is 12.5. The molecule has 0 radical (unpaired) electrons. The van der Waals surface area contributed by atoms with Gasteiger partial charge in [0.2, 0.25) is 6.79 Å². The molecule has 2 aliphatic rings. The van der Waals surface area contributed by atoms with Crippen LogP contribution in [0, 0.1) is 0 Å². The third-order valence-electron chi connectivity index (χ3n) is 3.57. The van der Waals surface area contributed by atoms with Crippen molar-refractivity contribution in [2.24, 2.45) is 0 Å². The first-order valence-corrected chi connectivity index (χ1v) is 7.73. The number of rotatable bonds is 2. The Morgan fingerprint density at radius 3 is 3.00 bits per heavy atom. The second-order valence-electron chi connectivity index (χ2n) is 4.81. The number of hydrogen-bond acceptors (Lipinski definition) is 5. The van der Waals surface area contributed by atoms with Gasteiger partial charge in [-0.15, -0.1) is 11.8 Å². The van der Waals surface area contributed by atoms with Gasteiger partial charge in [-0.1, -0.05) is 6.07 Å². The van der Waals surface area contributed by atoms with Crippen molar-refractivity contribution in [3.8, 4) is 11.5 Å². The molecule has 2 aliphatic heterocycles. The first-order valence-electron chi connectivity index (χ1n) is 6.68. The topological polar surface area (TPSA) is 51.9 Å². The molecule has 1 saturated heterocycles. The molecule has 5 nitrogen and oxygen atoms in total. The summed E-state index contributed by atoms with van der Waals surface area (Å²) < 4.78 is 16.0. The number of carbonyl (C=O) groups excluding carboxylic acids is 1. The third-order valence-corrected chi connectivity index (χ3v) is 4.83. The second kappa shape index (κ2) is 5.04. The van der Waals surface area contributed by atoms with Gasteiger partial charge in [0.25, 0.3) is 5.91 Å². The van der Waals surface area contributed by atoms with E-state index in [1.54, 1.807) is 23.9 Å². The molecule has 3 heterocycles. The lowest BCUT2D eigenvalue weighted by molar-refractivity contribution is 0.0728. The summed E-state index contributed by atoms with van der Waals surface area (Å²) in [5.74, 6) is 2.71. The van der Waals surface area contributed by atoms with Crippen molar-refractivity contribution in [3.05, 3.63) is 47.9 Å². The quantitative estimate of drug-likeness (QED) is 0.854. The molecule has 21 heavy (non-hydrogen) atoms. The van der Waals surface area contributed by atoms with Crippen molar-refractivity contribution in [3.63, 3.8) is 0 Å². The summed E-state index contributed by atoms with van der Waals surface area (Å²) in [7, 11) is 0. The van der Waals surface area contributed by atoms with E-state index < -0.39 is 0 Å². The number of fused-ring (bicyclic) bond motifs is 1. The molecule has 1 fully saturated rings. The standard InChI is InChI=1S/C15H13NO4S/c17-14(12-2-1-6-18-12)16-5-7-21-15(16)10-3-4-11-13(8-10)20-9-19-11/h1-4,6,8,15H,5,7,9H2/t15-/m0/s1. The highest BCUT2D eigenvalue weighted by Gasteiger charge is 2.33. The number of benzene rings is 1. The highest BCUT2D eigenvalue weighted by atomic mass is 32.2. The Balaban J connectivity index is 1.63. The van der Waals surface area contributed by atoms with Crippen LogP contribution in [0.15, 0.2) is 41.0 Å². The molecule has 0 aliphatic carbocycles. The van der Waals surface area contributed by atoms with Crippen molar-refractivity contribution < 1.29 is 18.7 Å². The summed E-state index contributed by atoms with van der Waals surface area (Å²) in [6.07, 6.45) is 1.52. The van der Waals surface area contributed by atoms with Crippen molar-refractivity contribution in [2.45, 2.75) is 5.37 Å². The maximum Gasteiger partial charge on any atom is 0.290 e. The van der Waals surface area contributed by atoms with Gasteiger partial charge in [-0.2, -0.15) is 0 Å². The summed E-state index contributed by atoms with van der Waals surface area (Å²) >= 11 is 1.74. The van der Waals surface area contributed by atoms with Gasteiger partial charge in [-0.25, -0.2) is 0 Å². The zero-order chi connectivity index (χ0) is 14.2. The molecule has 108 valence electrons. The van der Waals surface area contributed by atoms with Crippen LogP contribution >= 0.6 is 11.8 Å². The third kappa shape index (κ3) is 2.15. The first kappa shape index (κ1) is 12.6. The van der Waals surface area contributed by atoms with Gasteiger partial charge in [0.1, 0.15) is 5.37 Å². The SMILES string of the molecule is O=C(c1ccco1)N1CCS[C@H]1c1ccc2c(c1)OCO2. The number of ether oxygens (including phenoxy) is 2. The van der Waals surface area contributed by atoms with E-state index in [9.17, 15) is 4.79 Å². The number of nitrogens with zero attached hydrogens (tertiary/aromatic N) is 1. The lowest BCUT2D eigenvalue weighted by atomic mass is 10.1. The molecule has 1 aromatic carbocycles. The summed E-state index contributed by atoms with van der Waals surface area (Å²) in [5.41, 5.74) is 1.04. The molecule has 0 N–H and O–H groups in total. The van der Waals surface area contributed by atoms with Gasteiger partial charge in [0.05, 0.1) is 6.26 Å².